The summed E-state index contributed by atoms with van der Waals surface area (Å²) in [6, 6.07) is 0.926. The SMILES string of the molecule is OC1COCCC1NC1CCCC1. The Morgan fingerprint density at radius 2 is 1.92 bits per heavy atom. The molecule has 1 saturated carbocycles. The van der Waals surface area contributed by atoms with Gasteiger partial charge in [-0.2, -0.15) is 0 Å². The normalized spacial score (nSPS) is 36.7. The lowest BCUT2D eigenvalue weighted by atomic mass is 10.0. The fraction of sp³-hybridized carbons (Fsp3) is 1.00. The van der Waals surface area contributed by atoms with Gasteiger partial charge in [0.2, 0.25) is 0 Å². The second-order valence-electron chi connectivity index (χ2n) is 4.19. The first kappa shape index (κ1) is 9.44. The lowest BCUT2D eigenvalue weighted by Crippen LogP contribution is -2.49. The summed E-state index contributed by atoms with van der Waals surface area (Å²) >= 11 is 0. The van der Waals surface area contributed by atoms with Crippen LogP contribution in [-0.4, -0.2) is 36.5 Å². The predicted octanol–water partition coefficient (Wildman–Crippen LogP) is 0.668. The van der Waals surface area contributed by atoms with Crippen molar-refractivity contribution in [2.45, 2.75) is 50.3 Å². The molecule has 0 bridgehead atoms. The van der Waals surface area contributed by atoms with Crippen LogP contribution >= 0.6 is 0 Å². The standard InChI is InChI=1S/C10H19NO2/c12-10-7-13-6-5-9(10)11-8-3-1-2-4-8/h8-12H,1-7H2. The third-order valence-corrected chi connectivity index (χ3v) is 3.13. The van der Waals surface area contributed by atoms with Gasteiger partial charge in [0, 0.05) is 18.7 Å². The Kier molecular flexibility index (Phi) is 3.19. The summed E-state index contributed by atoms with van der Waals surface area (Å²) in [7, 11) is 0. The lowest BCUT2D eigenvalue weighted by molar-refractivity contribution is -0.0301. The van der Waals surface area contributed by atoms with Crippen LogP contribution < -0.4 is 5.32 Å². The number of nitrogens with one attached hydrogen (secondary N) is 1. The van der Waals surface area contributed by atoms with Crippen LogP contribution in [0.3, 0.4) is 0 Å². The van der Waals surface area contributed by atoms with Crippen LogP contribution in [0.4, 0.5) is 0 Å². The molecule has 2 unspecified atom stereocenters. The molecule has 1 aliphatic carbocycles. The van der Waals surface area contributed by atoms with E-state index in [1.54, 1.807) is 0 Å². The third kappa shape index (κ3) is 2.42. The van der Waals surface area contributed by atoms with E-state index in [4.69, 9.17) is 4.74 Å². The largest absolute Gasteiger partial charge is 0.389 e. The molecule has 76 valence electrons. The summed E-state index contributed by atoms with van der Waals surface area (Å²) < 4.78 is 5.19. The van der Waals surface area contributed by atoms with E-state index in [0.29, 0.717) is 12.6 Å². The summed E-state index contributed by atoms with van der Waals surface area (Å²) in [6.07, 6.45) is 5.91. The van der Waals surface area contributed by atoms with Gasteiger partial charge in [-0.25, -0.2) is 0 Å². The molecule has 3 heteroatoms. The van der Waals surface area contributed by atoms with E-state index >= 15 is 0 Å². The predicted molar refractivity (Wildman–Crippen MR) is 50.6 cm³/mol. The first-order valence-corrected chi connectivity index (χ1v) is 5.38. The van der Waals surface area contributed by atoms with Crippen molar-refractivity contribution >= 4 is 0 Å². The molecule has 0 amide bonds. The van der Waals surface area contributed by atoms with E-state index in [-0.39, 0.29) is 12.1 Å². The van der Waals surface area contributed by atoms with Gasteiger partial charge in [0.25, 0.3) is 0 Å². The summed E-state index contributed by atoms with van der Waals surface area (Å²) in [4.78, 5) is 0. The average molecular weight is 185 g/mol. The van der Waals surface area contributed by atoms with Crippen molar-refractivity contribution in [3.63, 3.8) is 0 Å². The number of aliphatic hydroxyl groups excluding tert-OH is 1. The molecule has 0 radical (unpaired) electrons. The topological polar surface area (TPSA) is 41.5 Å². The molecule has 0 aromatic rings. The van der Waals surface area contributed by atoms with Crippen molar-refractivity contribution in [1.82, 2.24) is 5.32 Å². The van der Waals surface area contributed by atoms with Gasteiger partial charge in [-0.3, -0.25) is 0 Å². The molecular formula is C10H19NO2. The van der Waals surface area contributed by atoms with Crippen LogP contribution in [-0.2, 0) is 4.74 Å². The number of hydrogen-bond donors (Lipinski definition) is 2. The highest BCUT2D eigenvalue weighted by Crippen LogP contribution is 2.20. The van der Waals surface area contributed by atoms with Gasteiger partial charge in [0.15, 0.2) is 0 Å². The number of rotatable bonds is 2. The van der Waals surface area contributed by atoms with Gasteiger partial charge in [-0.1, -0.05) is 12.8 Å². The Bertz CT molecular complexity index is 157. The van der Waals surface area contributed by atoms with E-state index < -0.39 is 0 Å². The fourth-order valence-electron chi connectivity index (χ4n) is 2.31. The minimum atomic E-state index is -0.297. The first-order chi connectivity index (χ1) is 6.36. The molecule has 0 aromatic heterocycles. The quantitative estimate of drug-likeness (QED) is 0.664. The molecule has 1 saturated heterocycles. The minimum absolute atomic E-state index is 0.275. The number of hydrogen-bond acceptors (Lipinski definition) is 3. The molecular weight excluding hydrogens is 166 g/mol. The summed E-state index contributed by atoms with van der Waals surface area (Å²) in [5, 5.41) is 13.2. The second kappa shape index (κ2) is 4.40. The molecule has 2 N–H and O–H groups in total. The Morgan fingerprint density at radius 3 is 2.62 bits per heavy atom. The smallest absolute Gasteiger partial charge is 0.0927 e. The van der Waals surface area contributed by atoms with Gasteiger partial charge >= 0.3 is 0 Å². The van der Waals surface area contributed by atoms with Crippen LogP contribution in [0.1, 0.15) is 32.1 Å². The van der Waals surface area contributed by atoms with Crippen LogP contribution in [0.25, 0.3) is 0 Å². The Labute approximate surface area is 79.5 Å². The zero-order valence-electron chi connectivity index (χ0n) is 8.04. The van der Waals surface area contributed by atoms with Gasteiger partial charge in [-0.15, -0.1) is 0 Å². The van der Waals surface area contributed by atoms with Crippen molar-refractivity contribution < 1.29 is 9.84 Å². The fourth-order valence-corrected chi connectivity index (χ4v) is 2.31. The van der Waals surface area contributed by atoms with E-state index in [1.807, 2.05) is 0 Å². The maximum Gasteiger partial charge on any atom is 0.0927 e. The number of ether oxygens (including phenoxy) is 1. The average Bonchev–Trinajstić information content (AvgIpc) is 2.61. The maximum absolute atomic E-state index is 9.64. The van der Waals surface area contributed by atoms with E-state index in [0.717, 1.165) is 13.0 Å². The summed E-state index contributed by atoms with van der Waals surface area (Å²) in [5.41, 5.74) is 0. The Balaban J connectivity index is 1.78. The van der Waals surface area contributed by atoms with E-state index in [9.17, 15) is 5.11 Å². The van der Waals surface area contributed by atoms with Crippen molar-refractivity contribution in [3.8, 4) is 0 Å². The van der Waals surface area contributed by atoms with Crippen molar-refractivity contribution in [2.24, 2.45) is 0 Å². The molecule has 0 spiro atoms. The van der Waals surface area contributed by atoms with Crippen molar-refractivity contribution in [3.05, 3.63) is 0 Å². The zero-order valence-corrected chi connectivity index (χ0v) is 8.04. The second-order valence-corrected chi connectivity index (χ2v) is 4.19. The highest BCUT2D eigenvalue weighted by molar-refractivity contribution is 4.84. The molecule has 1 heterocycles. The minimum Gasteiger partial charge on any atom is -0.389 e. The maximum atomic E-state index is 9.64. The summed E-state index contributed by atoms with van der Waals surface area (Å²) in [5.74, 6) is 0. The van der Waals surface area contributed by atoms with Crippen molar-refractivity contribution in [1.29, 1.82) is 0 Å². The monoisotopic (exact) mass is 185 g/mol. The van der Waals surface area contributed by atoms with E-state index in [1.165, 1.54) is 25.7 Å². The van der Waals surface area contributed by atoms with Crippen LogP contribution in [0.5, 0.6) is 0 Å². The van der Waals surface area contributed by atoms with E-state index in [2.05, 4.69) is 5.32 Å². The highest BCUT2D eigenvalue weighted by Gasteiger charge is 2.26. The summed E-state index contributed by atoms with van der Waals surface area (Å²) in [6.45, 7) is 1.30. The molecule has 13 heavy (non-hydrogen) atoms. The van der Waals surface area contributed by atoms with Crippen molar-refractivity contribution in [2.75, 3.05) is 13.2 Å². The zero-order chi connectivity index (χ0) is 9.10. The molecule has 3 nitrogen and oxygen atoms in total. The van der Waals surface area contributed by atoms with Crippen LogP contribution in [0.2, 0.25) is 0 Å². The van der Waals surface area contributed by atoms with Crippen LogP contribution in [0, 0.1) is 0 Å². The highest BCUT2D eigenvalue weighted by atomic mass is 16.5. The lowest BCUT2D eigenvalue weighted by Gasteiger charge is -2.31. The van der Waals surface area contributed by atoms with Gasteiger partial charge in [0.1, 0.15) is 0 Å². The van der Waals surface area contributed by atoms with Crippen LogP contribution in [0.15, 0.2) is 0 Å². The van der Waals surface area contributed by atoms with Gasteiger partial charge < -0.3 is 15.2 Å². The molecule has 2 rings (SSSR count). The molecule has 2 fully saturated rings. The first-order valence-electron chi connectivity index (χ1n) is 5.38. The third-order valence-electron chi connectivity index (χ3n) is 3.13. The Hall–Kier alpha value is -0.120. The molecule has 2 aliphatic rings. The Morgan fingerprint density at radius 1 is 1.15 bits per heavy atom. The molecule has 1 aliphatic heterocycles. The molecule has 0 aromatic carbocycles. The van der Waals surface area contributed by atoms with Gasteiger partial charge in [-0.05, 0) is 19.3 Å². The molecule has 2 atom stereocenters. The van der Waals surface area contributed by atoms with Gasteiger partial charge in [0.05, 0.1) is 12.7 Å². The number of aliphatic hydroxyl groups is 1.